The zero-order chi connectivity index (χ0) is 14.8. The monoisotopic (exact) mass is 281 g/mol. The van der Waals surface area contributed by atoms with Crippen molar-refractivity contribution in [1.82, 2.24) is 9.97 Å². The molecule has 5 nitrogen and oxygen atoms in total. The van der Waals surface area contributed by atoms with Gasteiger partial charge in [0, 0.05) is 36.0 Å². The molecule has 1 atom stereocenters. The average Bonchev–Trinajstić information content (AvgIpc) is 2.91. The zero-order valence-electron chi connectivity index (χ0n) is 11.3. The van der Waals surface area contributed by atoms with E-state index < -0.39 is 12.0 Å². The Balaban J connectivity index is 2.06. The number of nitrogens with zero attached hydrogens (tertiary/aromatic N) is 1. The number of para-hydroxylation sites is 1. The Hall–Kier alpha value is -2.66. The normalized spacial score (nSPS) is 12.4. The summed E-state index contributed by atoms with van der Waals surface area (Å²) in [7, 11) is 0. The number of rotatable bonds is 4. The molecule has 0 fully saturated rings. The molecule has 0 aliphatic rings. The van der Waals surface area contributed by atoms with Crippen LogP contribution in [0.5, 0.6) is 0 Å². The Bertz CT molecular complexity index is 781. The van der Waals surface area contributed by atoms with Gasteiger partial charge in [-0.15, -0.1) is 0 Å². The number of carbonyl (C=O) groups is 1. The summed E-state index contributed by atoms with van der Waals surface area (Å²) in [6, 6.07) is 8.95. The molecule has 1 unspecified atom stereocenters. The van der Waals surface area contributed by atoms with Crippen LogP contribution in [-0.2, 0) is 11.2 Å². The van der Waals surface area contributed by atoms with Crippen LogP contribution in [0.2, 0.25) is 0 Å². The second kappa shape index (κ2) is 5.38. The maximum absolute atomic E-state index is 10.9. The number of pyridine rings is 1. The molecule has 0 saturated heterocycles. The highest BCUT2D eigenvalue weighted by Crippen LogP contribution is 2.29. The fourth-order valence-corrected chi connectivity index (χ4v) is 2.48. The van der Waals surface area contributed by atoms with Crippen molar-refractivity contribution in [1.29, 1.82) is 0 Å². The highest BCUT2D eigenvalue weighted by Gasteiger charge is 2.16. The van der Waals surface area contributed by atoms with Crippen molar-refractivity contribution in [2.45, 2.75) is 12.5 Å². The number of benzene rings is 1. The molecule has 0 aliphatic heterocycles. The molecule has 0 saturated carbocycles. The van der Waals surface area contributed by atoms with Crippen molar-refractivity contribution in [2.75, 3.05) is 0 Å². The van der Waals surface area contributed by atoms with E-state index in [4.69, 9.17) is 10.8 Å². The highest BCUT2D eigenvalue weighted by molar-refractivity contribution is 5.96. The Morgan fingerprint density at radius 3 is 2.76 bits per heavy atom. The van der Waals surface area contributed by atoms with Crippen LogP contribution in [-0.4, -0.2) is 27.1 Å². The third-order valence-corrected chi connectivity index (χ3v) is 3.55. The molecule has 2 aromatic heterocycles. The molecular formula is C16H15N3O2. The van der Waals surface area contributed by atoms with Crippen molar-refractivity contribution >= 4 is 16.9 Å². The molecule has 2 heterocycles. The number of nitrogens with one attached hydrogen (secondary N) is 1. The van der Waals surface area contributed by atoms with E-state index in [1.54, 1.807) is 12.4 Å². The Morgan fingerprint density at radius 2 is 2.05 bits per heavy atom. The van der Waals surface area contributed by atoms with Gasteiger partial charge >= 0.3 is 5.97 Å². The van der Waals surface area contributed by atoms with Crippen LogP contribution in [0.15, 0.2) is 48.9 Å². The van der Waals surface area contributed by atoms with Crippen LogP contribution in [0, 0.1) is 0 Å². The van der Waals surface area contributed by atoms with Crippen molar-refractivity contribution in [3.8, 4) is 11.1 Å². The minimum Gasteiger partial charge on any atom is -0.480 e. The van der Waals surface area contributed by atoms with Gasteiger partial charge in [-0.05, 0) is 23.3 Å². The standard InChI is InChI=1S/C16H15N3O2/c17-14(16(20)21)8-11-9-19-15-12(2-1-3-13(11)15)10-4-6-18-7-5-10/h1-7,9,14,19H,8,17H2,(H,20,21). The van der Waals surface area contributed by atoms with E-state index >= 15 is 0 Å². The Morgan fingerprint density at radius 1 is 1.29 bits per heavy atom. The molecule has 0 amide bonds. The van der Waals surface area contributed by atoms with Crippen LogP contribution in [0.4, 0.5) is 0 Å². The summed E-state index contributed by atoms with van der Waals surface area (Å²) < 4.78 is 0. The first-order chi connectivity index (χ1) is 10.2. The number of aromatic nitrogens is 2. The van der Waals surface area contributed by atoms with Crippen LogP contribution in [0.3, 0.4) is 0 Å². The third-order valence-electron chi connectivity index (χ3n) is 3.55. The van der Waals surface area contributed by atoms with Gasteiger partial charge in [-0.3, -0.25) is 9.78 Å². The highest BCUT2D eigenvalue weighted by atomic mass is 16.4. The van der Waals surface area contributed by atoms with Crippen molar-refractivity contribution in [2.24, 2.45) is 5.73 Å². The number of aromatic amines is 1. The quantitative estimate of drug-likeness (QED) is 0.683. The first kappa shape index (κ1) is 13.3. The molecule has 1 aromatic carbocycles. The number of nitrogens with two attached hydrogens (primary N) is 1. The summed E-state index contributed by atoms with van der Waals surface area (Å²) in [5, 5.41) is 9.94. The summed E-state index contributed by atoms with van der Waals surface area (Å²) >= 11 is 0. The summed E-state index contributed by atoms with van der Waals surface area (Å²) in [6.07, 6.45) is 5.63. The van der Waals surface area contributed by atoms with Gasteiger partial charge in [-0.25, -0.2) is 0 Å². The second-order valence-corrected chi connectivity index (χ2v) is 4.93. The van der Waals surface area contributed by atoms with Crippen molar-refractivity contribution in [3.05, 3.63) is 54.5 Å². The van der Waals surface area contributed by atoms with Gasteiger partial charge in [-0.1, -0.05) is 18.2 Å². The van der Waals surface area contributed by atoms with E-state index in [2.05, 4.69) is 9.97 Å². The van der Waals surface area contributed by atoms with E-state index in [-0.39, 0.29) is 0 Å². The summed E-state index contributed by atoms with van der Waals surface area (Å²) in [4.78, 5) is 18.2. The van der Waals surface area contributed by atoms with Gasteiger partial charge in [0.25, 0.3) is 0 Å². The van der Waals surface area contributed by atoms with Crippen LogP contribution >= 0.6 is 0 Å². The minimum atomic E-state index is -0.991. The fourth-order valence-electron chi connectivity index (χ4n) is 2.48. The Labute approximate surface area is 121 Å². The van der Waals surface area contributed by atoms with Crippen LogP contribution < -0.4 is 5.73 Å². The number of hydrogen-bond donors (Lipinski definition) is 3. The maximum atomic E-state index is 10.9. The lowest BCUT2D eigenvalue weighted by atomic mass is 10.0. The topological polar surface area (TPSA) is 92.0 Å². The largest absolute Gasteiger partial charge is 0.480 e. The average molecular weight is 281 g/mol. The van der Waals surface area contributed by atoms with Crippen molar-refractivity contribution < 1.29 is 9.90 Å². The molecule has 5 heteroatoms. The molecule has 0 radical (unpaired) electrons. The van der Waals surface area contributed by atoms with Crippen LogP contribution in [0.1, 0.15) is 5.56 Å². The SMILES string of the molecule is NC(Cc1c[nH]c2c(-c3ccncc3)cccc12)C(=O)O. The van der Waals surface area contributed by atoms with E-state index in [1.165, 1.54) is 0 Å². The van der Waals surface area contributed by atoms with Crippen molar-refractivity contribution in [3.63, 3.8) is 0 Å². The molecule has 4 N–H and O–H groups in total. The molecular weight excluding hydrogens is 266 g/mol. The van der Waals surface area contributed by atoms with E-state index in [0.29, 0.717) is 6.42 Å². The summed E-state index contributed by atoms with van der Waals surface area (Å²) in [5.41, 5.74) is 9.64. The first-order valence-electron chi connectivity index (χ1n) is 6.64. The number of fused-ring (bicyclic) bond motifs is 1. The van der Waals surface area contributed by atoms with Gasteiger partial charge in [0.15, 0.2) is 0 Å². The predicted octanol–water partition coefficient (Wildman–Crippen LogP) is 2.18. The lowest BCUT2D eigenvalue weighted by Gasteiger charge is -2.06. The summed E-state index contributed by atoms with van der Waals surface area (Å²) in [6.45, 7) is 0. The lowest BCUT2D eigenvalue weighted by Crippen LogP contribution is -2.32. The van der Waals surface area contributed by atoms with Gasteiger partial charge in [0.05, 0.1) is 5.52 Å². The summed E-state index contributed by atoms with van der Waals surface area (Å²) in [5.74, 6) is -0.991. The number of carboxylic acid groups (broad SMARTS) is 1. The number of carboxylic acids is 1. The smallest absolute Gasteiger partial charge is 0.320 e. The van der Waals surface area contributed by atoms with E-state index in [9.17, 15) is 4.79 Å². The fraction of sp³-hybridized carbons (Fsp3) is 0.125. The maximum Gasteiger partial charge on any atom is 0.320 e. The van der Waals surface area contributed by atoms with Gasteiger partial charge in [-0.2, -0.15) is 0 Å². The molecule has 3 aromatic rings. The molecule has 3 rings (SSSR count). The second-order valence-electron chi connectivity index (χ2n) is 4.93. The lowest BCUT2D eigenvalue weighted by molar-refractivity contribution is -0.138. The van der Waals surface area contributed by atoms with E-state index in [0.717, 1.165) is 27.6 Å². The third kappa shape index (κ3) is 2.51. The van der Waals surface area contributed by atoms with E-state index in [1.807, 2.05) is 36.5 Å². The van der Waals surface area contributed by atoms with Gasteiger partial charge in [0.2, 0.25) is 0 Å². The number of aliphatic carboxylic acids is 1. The molecule has 0 bridgehead atoms. The van der Waals surface area contributed by atoms with Gasteiger partial charge < -0.3 is 15.8 Å². The molecule has 106 valence electrons. The predicted molar refractivity (Wildman–Crippen MR) is 80.8 cm³/mol. The molecule has 0 spiro atoms. The Kier molecular flexibility index (Phi) is 3.41. The molecule has 21 heavy (non-hydrogen) atoms. The zero-order valence-corrected chi connectivity index (χ0v) is 11.3. The first-order valence-corrected chi connectivity index (χ1v) is 6.64. The molecule has 0 aliphatic carbocycles. The van der Waals surface area contributed by atoms with Crippen LogP contribution in [0.25, 0.3) is 22.0 Å². The van der Waals surface area contributed by atoms with Gasteiger partial charge in [0.1, 0.15) is 6.04 Å². The minimum absolute atomic E-state index is 0.301. The number of H-pyrrole nitrogens is 1. The number of hydrogen-bond acceptors (Lipinski definition) is 3.